The van der Waals surface area contributed by atoms with Crippen molar-refractivity contribution in [2.45, 2.75) is 6.61 Å². The Kier molecular flexibility index (Phi) is 5.58. The maximum Gasteiger partial charge on any atom is 0.410 e. The first-order valence-electron chi connectivity index (χ1n) is 8.34. The van der Waals surface area contributed by atoms with Crippen molar-refractivity contribution in [3.63, 3.8) is 0 Å². The summed E-state index contributed by atoms with van der Waals surface area (Å²) >= 11 is 0. The van der Waals surface area contributed by atoms with Gasteiger partial charge in [0, 0.05) is 37.4 Å². The van der Waals surface area contributed by atoms with Crippen LogP contribution < -0.4 is 4.90 Å². The van der Waals surface area contributed by atoms with Crippen molar-refractivity contribution in [1.82, 2.24) is 4.90 Å². The van der Waals surface area contributed by atoms with Gasteiger partial charge in [0.25, 0.3) is 0 Å². The van der Waals surface area contributed by atoms with Crippen LogP contribution in [0.2, 0.25) is 0 Å². The van der Waals surface area contributed by atoms with Gasteiger partial charge in [-0.1, -0.05) is 30.3 Å². The van der Waals surface area contributed by atoms with E-state index in [2.05, 4.69) is 10.1 Å². The maximum atomic E-state index is 12.2. The monoisotopic (exact) mass is 353 g/mol. The van der Waals surface area contributed by atoms with Crippen LogP contribution in [-0.2, 0) is 11.3 Å². The third kappa shape index (κ3) is 4.05. The van der Waals surface area contributed by atoms with Crippen LogP contribution in [0.3, 0.4) is 0 Å². The first-order chi connectivity index (χ1) is 12.7. The molecule has 1 aliphatic rings. The quantitative estimate of drug-likeness (QED) is 0.608. The van der Waals surface area contributed by atoms with Crippen molar-refractivity contribution < 1.29 is 14.3 Å². The van der Waals surface area contributed by atoms with Crippen LogP contribution in [-0.4, -0.2) is 43.5 Å². The molecule has 7 heteroatoms. The molecule has 1 aliphatic heterocycles. The Labute approximate surface area is 151 Å². The molecule has 0 N–H and O–H groups in total. The van der Waals surface area contributed by atoms with Gasteiger partial charge in [-0.15, -0.1) is 4.91 Å². The zero-order chi connectivity index (χ0) is 18.4. The fraction of sp³-hybridized carbons (Fsp3) is 0.263. The number of anilines is 1. The topological polar surface area (TPSA) is 79.3 Å². The largest absolute Gasteiger partial charge is 0.445 e. The minimum atomic E-state index is -0.331. The molecule has 2 aromatic carbocycles. The lowest BCUT2D eigenvalue weighted by Crippen LogP contribution is -2.49. The van der Waals surface area contributed by atoms with Crippen molar-refractivity contribution >= 4 is 23.8 Å². The van der Waals surface area contributed by atoms with E-state index in [1.165, 1.54) is 6.07 Å². The van der Waals surface area contributed by atoms with Gasteiger partial charge < -0.3 is 14.5 Å². The SMILES string of the molecule is O=Cc1cc(N2CCN(C(=O)OCc3ccccc3)CC2)ccc1N=O. The second kappa shape index (κ2) is 8.24. The Morgan fingerprint density at radius 1 is 1.08 bits per heavy atom. The molecule has 134 valence electrons. The lowest BCUT2D eigenvalue weighted by Gasteiger charge is -2.35. The van der Waals surface area contributed by atoms with Gasteiger partial charge in [0.1, 0.15) is 12.3 Å². The van der Waals surface area contributed by atoms with Gasteiger partial charge >= 0.3 is 6.09 Å². The molecule has 0 radical (unpaired) electrons. The highest BCUT2D eigenvalue weighted by molar-refractivity contribution is 5.85. The highest BCUT2D eigenvalue weighted by atomic mass is 16.6. The van der Waals surface area contributed by atoms with Crippen LogP contribution in [0.5, 0.6) is 0 Å². The first kappa shape index (κ1) is 17.6. The molecule has 2 aromatic rings. The van der Waals surface area contributed by atoms with Crippen molar-refractivity contribution in [3.8, 4) is 0 Å². The molecule has 0 saturated carbocycles. The number of hydrogen-bond donors (Lipinski definition) is 0. The van der Waals surface area contributed by atoms with E-state index < -0.39 is 0 Å². The summed E-state index contributed by atoms with van der Waals surface area (Å²) in [6, 6.07) is 14.5. The summed E-state index contributed by atoms with van der Waals surface area (Å²) in [5.74, 6) is 0. The van der Waals surface area contributed by atoms with E-state index in [4.69, 9.17) is 4.74 Å². The number of rotatable bonds is 5. The summed E-state index contributed by atoms with van der Waals surface area (Å²) < 4.78 is 5.35. The smallest absolute Gasteiger partial charge is 0.410 e. The second-order valence-electron chi connectivity index (χ2n) is 5.97. The summed E-state index contributed by atoms with van der Waals surface area (Å²) in [4.78, 5) is 37.7. The van der Waals surface area contributed by atoms with E-state index in [0.717, 1.165) is 11.3 Å². The molecule has 0 atom stereocenters. The molecule has 1 saturated heterocycles. The minimum absolute atomic E-state index is 0.131. The molecule has 0 aliphatic carbocycles. The average Bonchev–Trinajstić information content (AvgIpc) is 2.72. The minimum Gasteiger partial charge on any atom is -0.445 e. The molecular formula is C19H19N3O4. The van der Waals surface area contributed by atoms with Gasteiger partial charge in [0.05, 0.1) is 0 Å². The highest BCUT2D eigenvalue weighted by Crippen LogP contribution is 2.25. The Bertz CT molecular complexity index is 787. The zero-order valence-electron chi connectivity index (χ0n) is 14.2. The molecule has 3 rings (SSSR count). The van der Waals surface area contributed by atoms with Gasteiger partial charge in [0.2, 0.25) is 0 Å². The number of amides is 1. The predicted molar refractivity (Wildman–Crippen MR) is 97.7 cm³/mol. The van der Waals surface area contributed by atoms with Crippen molar-refractivity contribution in [3.05, 3.63) is 64.6 Å². The number of carbonyl (C=O) groups is 2. The Balaban J connectivity index is 1.54. The number of nitroso groups, excluding NO2 is 1. The second-order valence-corrected chi connectivity index (χ2v) is 5.97. The van der Waals surface area contributed by atoms with Crippen molar-refractivity contribution in [1.29, 1.82) is 0 Å². The number of hydrogen-bond acceptors (Lipinski definition) is 6. The molecule has 0 aromatic heterocycles. The number of carbonyl (C=O) groups excluding carboxylic acids is 2. The summed E-state index contributed by atoms with van der Waals surface area (Å²) in [6.07, 6.45) is 0.292. The molecule has 1 fully saturated rings. The van der Waals surface area contributed by atoms with Gasteiger partial charge in [0.15, 0.2) is 6.29 Å². The molecule has 7 nitrogen and oxygen atoms in total. The van der Waals surface area contributed by atoms with E-state index in [0.29, 0.717) is 32.5 Å². The normalized spacial score (nSPS) is 14.0. The first-order valence-corrected chi connectivity index (χ1v) is 8.34. The number of nitrogens with zero attached hydrogens (tertiary/aromatic N) is 3. The zero-order valence-corrected chi connectivity index (χ0v) is 14.2. The number of aldehydes is 1. The lowest BCUT2D eigenvalue weighted by atomic mass is 10.1. The molecule has 0 unspecified atom stereocenters. The van der Waals surface area contributed by atoms with E-state index in [9.17, 15) is 14.5 Å². The van der Waals surface area contributed by atoms with Gasteiger partial charge in [-0.05, 0) is 28.9 Å². The predicted octanol–water partition coefficient (Wildman–Crippen LogP) is 3.36. The van der Waals surface area contributed by atoms with E-state index in [1.807, 2.05) is 30.3 Å². The van der Waals surface area contributed by atoms with Crippen LogP contribution in [0.1, 0.15) is 15.9 Å². The van der Waals surface area contributed by atoms with Crippen LogP contribution in [0.25, 0.3) is 0 Å². The average molecular weight is 353 g/mol. The van der Waals surface area contributed by atoms with Gasteiger partial charge in [-0.2, -0.15) is 0 Å². The standard InChI is InChI=1S/C19H19N3O4/c23-13-16-12-17(6-7-18(16)20-25)21-8-10-22(11-9-21)19(24)26-14-15-4-2-1-3-5-15/h1-7,12-13H,8-11,14H2. The van der Waals surface area contributed by atoms with Gasteiger partial charge in [-0.25, -0.2) is 4.79 Å². The number of benzene rings is 2. The number of ether oxygens (including phenoxy) is 1. The van der Waals surface area contributed by atoms with Crippen molar-refractivity contribution in [2.24, 2.45) is 5.18 Å². The summed E-state index contributed by atoms with van der Waals surface area (Å²) in [5.41, 5.74) is 2.18. The van der Waals surface area contributed by atoms with Gasteiger partial charge in [-0.3, -0.25) is 4.79 Å². The third-order valence-corrected chi connectivity index (χ3v) is 4.34. The summed E-state index contributed by atoms with van der Waals surface area (Å²) in [7, 11) is 0. The fourth-order valence-corrected chi connectivity index (χ4v) is 2.87. The van der Waals surface area contributed by atoms with Crippen LogP contribution in [0.4, 0.5) is 16.2 Å². The van der Waals surface area contributed by atoms with E-state index in [-0.39, 0.29) is 24.0 Å². The molecule has 0 bridgehead atoms. The molecule has 1 heterocycles. The Hall–Kier alpha value is -3.22. The van der Waals surface area contributed by atoms with Crippen LogP contribution >= 0.6 is 0 Å². The van der Waals surface area contributed by atoms with E-state index >= 15 is 0 Å². The highest BCUT2D eigenvalue weighted by Gasteiger charge is 2.22. The molecule has 26 heavy (non-hydrogen) atoms. The lowest BCUT2D eigenvalue weighted by molar-refractivity contribution is 0.0942. The number of piperazine rings is 1. The molecule has 1 amide bonds. The fourth-order valence-electron chi connectivity index (χ4n) is 2.87. The summed E-state index contributed by atoms with van der Waals surface area (Å²) in [6.45, 7) is 2.54. The Morgan fingerprint density at radius 2 is 1.81 bits per heavy atom. The Morgan fingerprint density at radius 3 is 2.46 bits per heavy atom. The van der Waals surface area contributed by atoms with Crippen molar-refractivity contribution in [2.75, 3.05) is 31.1 Å². The molecular weight excluding hydrogens is 334 g/mol. The third-order valence-electron chi connectivity index (χ3n) is 4.34. The van der Waals surface area contributed by atoms with E-state index in [1.54, 1.807) is 17.0 Å². The summed E-state index contributed by atoms with van der Waals surface area (Å²) in [5, 5.41) is 2.84. The van der Waals surface area contributed by atoms with Crippen LogP contribution in [0.15, 0.2) is 53.7 Å². The van der Waals surface area contributed by atoms with Crippen LogP contribution in [0, 0.1) is 4.91 Å². The molecule has 0 spiro atoms. The maximum absolute atomic E-state index is 12.2.